The highest BCUT2D eigenvalue weighted by molar-refractivity contribution is 7.80. The van der Waals surface area contributed by atoms with Crippen LogP contribution in [0.1, 0.15) is 31.8 Å². The van der Waals surface area contributed by atoms with E-state index in [9.17, 15) is 9.59 Å². The van der Waals surface area contributed by atoms with Gasteiger partial charge in [0, 0.05) is 23.4 Å². The van der Waals surface area contributed by atoms with Gasteiger partial charge in [-0.2, -0.15) is 0 Å². The summed E-state index contributed by atoms with van der Waals surface area (Å²) in [5.41, 5.74) is 3.66. The van der Waals surface area contributed by atoms with Gasteiger partial charge in [-0.1, -0.05) is 54.1 Å². The van der Waals surface area contributed by atoms with Crippen LogP contribution in [0.25, 0.3) is 0 Å². The van der Waals surface area contributed by atoms with Crippen molar-refractivity contribution in [1.29, 1.82) is 0 Å². The molecule has 0 aliphatic heterocycles. The molecule has 6 heteroatoms. The molecule has 0 aromatic heterocycles. The maximum Gasteiger partial charge on any atom is 0.257 e. The largest absolute Gasteiger partial charge is 0.348 e. The Labute approximate surface area is 175 Å². The second-order valence-corrected chi connectivity index (χ2v) is 6.94. The van der Waals surface area contributed by atoms with Crippen molar-refractivity contribution in [1.82, 2.24) is 10.6 Å². The number of thiocarbonyl (C=S) groups is 1. The van der Waals surface area contributed by atoms with Gasteiger partial charge in [0.2, 0.25) is 0 Å². The predicted octanol–water partition coefficient (Wildman–Crippen LogP) is 4.05. The summed E-state index contributed by atoms with van der Waals surface area (Å²) in [4.78, 5) is 24.7. The van der Waals surface area contributed by atoms with Crippen molar-refractivity contribution in [3.05, 3.63) is 101 Å². The van der Waals surface area contributed by atoms with E-state index in [4.69, 9.17) is 12.2 Å². The van der Waals surface area contributed by atoms with Crippen LogP contribution in [0.5, 0.6) is 0 Å². The van der Waals surface area contributed by atoms with Crippen molar-refractivity contribution in [2.75, 3.05) is 5.32 Å². The molecule has 0 fully saturated rings. The lowest BCUT2D eigenvalue weighted by molar-refractivity contribution is 0.0948. The van der Waals surface area contributed by atoms with Gasteiger partial charge in [-0.3, -0.25) is 14.9 Å². The van der Waals surface area contributed by atoms with Gasteiger partial charge in [-0.25, -0.2) is 0 Å². The Kier molecular flexibility index (Phi) is 6.71. The van der Waals surface area contributed by atoms with Crippen molar-refractivity contribution < 1.29 is 9.59 Å². The molecule has 0 aliphatic carbocycles. The number of anilines is 1. The zero-order chi connectivity index (χ0) is 20.6. The third-order valence-corrected chi connectivity index (χ3v) is 4.39. The van der Waals surface area contributed by atoms with Crippen LogP contribution in [0.2, 0.25) is 0 Å². The Hall–Kier alpha value is -3.51. The fourth-order valence-corrected chi connectivity index (χ4v) is 2.95. The third-order valence-electron chi connectivity index (χ3n) is 4.19. The van der Waals surface area contributed by atoms with E-state index in [0.717, 1.165) is 11.1 Å². The van der Waals surface area contributed by atoms with Gasteiger partial charge in [0.15, 0.2) is 5.11 Å². The molecule has 29 heavy (non-hydrogen) atoms. The van der Waals surface area contributed by atoms with Crippen molar-refractivity contribution in [2.45, 2.75) is 13.5 Å². The average Bonchev–Trinajstić information content (AvgIpc) is 2.73. The molecule has 0 saturated carbocycles. The quantitative estimate of drug-likeness (QED) is 0.562. The van der Waals surface area contributed by atoms with Crippen LogP contribution in [0.4, 0.5) is 5.69 Å². The summed E-state index contributed by atoms with van der Waals surface area (Å²) < 4.78 is 0. The molecule has 3 rings (SSSR count). The second kappa shape index (κ2) is 9.61. The maximum atomic E-state index is 12.4. The molecule has 0 spiro atoms. The minimum Gasteiger partial charge on any atom is -0.348 e. The van der Waals surface area contributed by atoms with Gasteiger partial charge < -0.3 is 10.6 Å². The molecule has 0 aliphatic rings. The molecule has 3 aromatic carbocycles. The first-order valence-corrected chi connectivity index (χ1v) is 9.53. The Morgan fingerprint density at radius 3 is 2.24 bits per heavy atom. The lowest BCUT2D eigenvalue weighted by atomic mass is 10.1. The highest BCUT2D eigenvalue weighted by Crippen LogP contribution is 2.11. The molecule has 0 radical (unpaired) electrons. The summed E-state index contributed by atoms with van der Waals surface area (Å²) in [6, 6.07) is 23.9. The lowest BCUT2D eigenvalue weighted by Crippen LogP contribution is -2.34. The molecule has 3 aromatic rings. The first-order valence-electron chi connectivity index (χ1n) is 9.12. The second-order valence-electron chi connectivity index (χ2n) is 6.53. The molecule has 0 bridgehead atoms. The highest BCUT2D eigenvalue weighted by atomic mass is 32.1. The van der Waals surface area contributed by atoms with Gasteiger partial charge in [0.05, 0.1) is 0 Å². The van der Waals surface area contributed by atoms with Gasteiger partial charge in [-0.05, 0) is 55.0 Å². The normalized spacial score (nSPS) is 10.1. The molecule has 2 amide bonds. The summed E-state index contributed by atoms with van der Waals surface area (Å²) in [6.07, 6.45) is 0. The molecule has 0 unspecified atom stereocenters. The Bertz CT molecular complexity index is 1040. The average molecular weight is 404 g/mol. The number of carbonyl (C=O) groups excluding carboxylic acids is 2. The molecule has 0 heterocycles. The molecule has 0 saturated heterocycles. The first kappa shape index (κ1) is 20.2. The van der Waals surface area contributed by atoms with Crippen LogP contribution < -0.4 is 16.0 Å². The molecular weight excluding hydrogens is 382 g/mol. The van der Waals surface area contributed by atoms with Crippen molar-refractivity contribution in [3.8, 4) is 0 Å². The van der Waals surface area contributed by atoms with Crippen LogP contribution in [0.3, 0.4) is 0 Å². The Morgan fingerprint density at radius 1 is 0.828 bits per heavy atom. The van der Waals surface area contributed by atoms with Gasteiger partial charge in [0.25, 0.3) is 11.8 Å². The monoisotopic (exact) mass is 403 g/mol. The fraction of sp³-hybridized carbons (Fsp3) is 0.0870. The molecular formula is C23H21N3O2S. The number of nitrogens with one attached hydrogen (secondary N) is 3. The predicted molar refractivity (Wildman–Crippen MR) is 119 cm³/mol. The van der Waals surface area contributed by atoms with Crippen LogP contribution in [0.15, 0.2) is 78.9 Å². The number of hydrogen-bond acceptors (Lipinski definition) is 3. The van der Waals surface area contributed by atoms with Gasteiger partial charge in [0.1, 0.15) is 0 Å². The van der Waals surface area contributed by atoms with Crippen LogP contribution in [-0.2, 0) is 6.54 Å². The van der Waals surface area contributed by atoms with E-state index in [0.29, 0.717) is 23.4 Å². The number of rotatable bonds is 5. The summed E-state index contributed by atoms with van der Waals surface area (Å²) >= 11 is 5.23. The number of hydrogen-bond donors (Lipinski definition) is 3. The van der Waals surface area contributed by atoms with E-state index in [1.165, 1.54) is 0 Å². The number of amides is 2. The minimum atomic E-state index is -0.289. The molecule has 3 N–H and O–H groups in total. The smallest absolute Gasteiger partial charge is 0.257 e. The summed E-state index contributed by atoms with van der Waals surface area (Å²) in [7, 11) is 0. The molecule has 0 atom stereocenters. The van der Waals surface area contributed by atoms with Gasteiger partial charge >= 0.3 is 0 Å². The SMILES string of the molecule is Cc1cccc(C(=O)NC(=S)Nc2cccc(C(=O)NCc3ccccc3)c2)c1. The number of aryl methyl sites for hydroxylation is 1. The number of carbonyl (C=O) groups is 2. The van der Waals surface area contributed by atoms with Crippen LogP contribution in [0, 0.1) is 6.92 Å². The summed E-state index contributed by atoms with van der Waals surface area (Å²) in [5, 5.41) is 8.64. The standard InChI is InChI=1S/C23H21N3O2S/c1-16-7-5-10-18(13-16)22(28)26-23(29)25-20-12-6-11-19(14-20)21(27)24-15-17-8-3-2-4-9-17/h2-14H,15H2,1H3,(H,24,27)(H2,25,26,28,29). The van der Waals surface area contributed by atoms with Crippen molar-refractivity contribution in [3.63, 3.8) is 0 Å². The van der Waals surface area contributed by atoms with Crippen LogP contribution in [-0.4, -0.2) is 16.9 Å². The third kappa shape index (κ3) is 5.99. The first-order chi connectivity index (χ1) is 14.0. The summed E-state index contributed by atoms with van der Waals surface area (Å²) in [5.74, 6) is -0.477. The van der Waals surface area contributed by atoms with Gasteiger partial charge in [-0.15, -0.1) is 0 Å². The maximum absolute atomic E-state index is 12.4. The van der Waals surface area contributed by atoms with E-state index in [1.807, 2.05) is 49.4 Å². The molecule has 5 nitrogen and oxygen atoms in total. The zero-order valence-corrected chi connectivity index (χ0v) is 16.8. The molecule has 146 valence electrons. The number of benzene rings is 3. The topological polar surface area (TPSA) is 70.2 Å². The van der Waals surface area contributed by atoms with Crippen molar-refractivity contribution >= 4 is 34.8 Å². The zero-order valence-electron chi connectivity index (χ0n) is 15.9. The Morgan fingerprint density at radius 2 is 1.52 bits per heavy atom. The van der Waals surface area contributed by atoms with E-state index in [1.54, 1.807) is 36.4 Å². The van der Waals surface area contributed by atoms with E-state index in [-0.39, 0.29) is 16.9 Å². The highest BCUT2D eigenvalue weighted by Gasteiger charge is 2.10. The van der Waals surface area contributed by atoms with Crippen molar-refractivity contribution in [2.24, 2.45) is 0 Å². The lowest BCUT2D eigenvalue weighted by Gasteiger charge is -2.11. The van der Waals surface area contributed by atoms with E-state index < -0.39 is 0 Å². The fourth-order valence-electron chi connectivity index (χ4n) is 2.74. The van der Waals surface area contributed by atoms with E-state index in [2.05, 4.69) is 16.0 Å². The summed E-state index contributed by atoms with van der Waals surface area (Å²) in [6.45, 7) is 2.37. The minimum absolute atomic E-state index is 0.165. The van der Waals surface area contributed by atoms with E-state index >= 15 is 0 Å². The Balaban J connectivity index is 1.58. The van der Waals surface area contributed by atoms with Crippen LogP contribution >= 0.6 is 12.2 Å².